The van der Waals surface area contributed by atoms with Crippen molar-refractivity contribution in [2.24, 2.45) is 33.7 Å². The van der Waals surface area contributed by atoms with Crippen molar-refractivity contribution in [2.45, 2.75) is 124 Å². The van der Waals surface area contributed by atoms with Gasteiger partial charge in [0, 0.05) is 54.5 Å². The highest BCUT2D eigenvalue weighted by atomic mass is 19.4. The number of nitrogens with two attached hydrogens (primary N) is 1. The van der Waals surface area contributed by atoms with E-state index in [0.29, 0.717) is 57.6 Å². The summed E-state index contributed by atoms with van der Waals surface area (Å²) in [5.74, 6) is -2.13. The van der Waals surface area contributed by atoms with E-state index in [1.807, 2.05) is 20.8 Å². The van der Waals surface area contributed by atoms with Crippen molar-refractivity contribution in [3.63, 3.8) is 0 Å². The van der Waals surface area contributed by atoms with Crippen LogP contribution in [0.25, 0.3) is 20.9 Å². The van der Waals surface area contributed by atoms with Gasteiger partial charge in [-0.2, -0.15) is 13.2 Å². The number of ether oxygens (including phenoxy) is 3. The Morgan fingerprint density at radius 3 is 1.60 bits per heavy atom. The lowest BCUT2D eigenvalue weighted by Gasteiger charge is -2.24. The first-order chi connectivity index (χ1) is 26.6. The van der Waals surface area contributed by atoms with E-state index in [0.717, 1.165) is 32.3 Å². The molecule has 6 atom stereocenters. The summed E-state index contributed by atoms with van der Waals surface area (Å²) in [7, 11) is 0. The number of azide groups is 2. The second-order valence-corrected chi connectivity index (χ2v) is 14.3. The van der Waals surface area contributed by atoms with E-state index in [1.54, 1.807) is 13.8 Å². The molecule has 19 nitrogen and oxygen atoms in total. The normalized spacial score (nSPS) is 22.7. The number of rotatable bonds is 13. The van der Waals surface area contributed by atoms with Crippen LogP contribution in [-0.4, -0.2) is 140 Å². The van der Waals surface area contributed by atoms with Crippen LogP contribution in [0.4, 0.5) is 13.2 Å². The van der Waals surface area contributed by atoms with Gasteiger partial charge in [0.15, 0.2) is 0 Å². The highest BCUT2D eigenvalue weighted by molar-refractivity contribution is 5.77. The van der Waals surface area contributed by atoms with Crippen LogP contribution in [-0.2, 0) is 38.2 Å². The minimum Gasteiger partial charge on any atom is -0.475 e. The Hall–Kier alpha value is -4.20. The smallest absolute Gasteiger partial charge is 0.475 e. The van der Waals surface area contributed by atoms with Gasteiger partial charge in [0.1, 0.15) is 24.4 Å². The van der Waals surface area contributed by atoms with Crippen LogP contribution in [0.3, 0.4) is 0 Å². The molecule has 0 amide bonds. The topological polar surface area (TPSA) is 275 Å². The fourth-order valence-electron chi connectivity index (χ4n) is 5.58. The van der Waals surface area contributed by atoms with E-state index in [1.165, 1.54) is 0 Å². The number of halogens is 3. The van der Waals surface area contributed by atoms with Gasteiger partial charge in [-0.15, -0.1) is 0 Å². The number of carboxylic acid groups (broad SMARTS) is 1. The quantitative estimate of drug-likeness (QED) is 0.0571. The maximum Gasteiger partial charge on any atom is 0.490 e. The first-order valence-corrected chi connectivity index (χ1v) is 18.9. The molecule has 0 aromatic rings. The molecule has 3 aliphatic rings. The van der Waals surface area contributed by atoms with E-state index in [-0.39, 0.29) is 60.1 Å². The Kier molecular flexibility index (Phi) is 28.9. The third-order valence-electron chi connectivity index (χ3n) is 7.76. The molecule has 3 rings (SSSR count). The minimum atomic E-state index is -5.08. The zero-order chi connectivity index (χ0) is 44.3. The van der Waals surface area contributed by atoms with Gasteiger partial charge in [-0.05, 0) is 62.9 Å². The molecule has 0 radical (unpaired) electrons. The van der Waals surface area contributed by atoms with Crippen LogP contribution in [0.15, 0.2) is 10.2 Å². The lowest BCUT2D eigenvalue weighted by Crippen LogP contribution is -2.39. The Balaban J connectivity index is 0. The number of nitrogens with zero attached hydrogens (tertiary/aromatic N) is 8. The average molecular weight is 825 g/mol. The lowest BCUT2D eigenvalue weighted by atomic mass is 10.1. The number of nitrogens with one attached hydrogen (secondary N) is 1. The molecule has 3 heterocycles. The molecular weight excluding hydrogens is 761 g/mol. The Bertz CT molecular complexity index is 1310. The summed E-state index contributed by atoms with van der Waals surface area (Å²) in [5, 5.41) is 17.3. The standard InChI is InChI=1S/C11H20N4O2.C11H22N2O2.C7H12N4O2.C4H8O.C2HF3O2/c1-4-17-11(16)10-5-9(13-14-12)7-15(10)6-8(2)3;1-4-15-11(14)10-5-9(12)7-13(10)6-8(2)3;1-2-13-7(12)6-3-5(4-9-6)10-11-8;1-4(2)3-5;3-2(4,5)1(6)7/h8-10H,4-7H2,1-3H3;8-10H,4-7,12H2,1-3H3;5-6,9H,2-4H2,1H3;3-4H,1-2H3;(H,6,7)/t2*9-,10-;5-,6-;;/m000../s1. The fourth-order valence-corrected chi connectivity index (χ4v) is 5.58. The van der Waals surface area contributed by atoms with Crippen molar-refractivity contribution in [1.29, 1.82) is 0 Å². The van der Waals surface area contributed by atoms with Crippen LogP contribution >= 0.6 is 0 Å². The molecule has 57 heavy (non-hydrogen) atoms. The first-order valence-electron chi connectivity index (χ1n) is 18.9. The number of likely N-dealkylation sites (tertiary alicyclic amines) is 2. The van der Waals surface area contributed by atoms with Crippen molar-refractivity contribution in [3.8, 4) is 0 Å². The number of aliphatic carboxylic acids is 1. The van der Waals surface area contributed by atoms with Crippen molar-refractivity contribution in [1.82, 2.24) is 15.1 Å². The summed E-state index contributed by atoms with van der Waals surface area (Å²) >= 11 is 0. The molecule has 0 aromatic heterocycles. The maximum atomic E-state index is 11.8. The zero-order valence-corrected chi connectivity index (χ0v) is 34.6. The number of carbonyl (C=O) groups is 5. The molecule has 0 bridgehead atoms. The van der Waals surface area contributed by atoms with Crippen molar-refractivity contribution >= 4 is 30.2 Å². The SMILES string of the molecule is CC(C)C=O.CCOC(=O)[C@@H]1C[C@H](N)CN1CC(C)C.CCOC(=O)[C@@H]1C[C@H](N=[N+]=[N-])CN1.CCOC(=O)[C@@H]1C[C@H](N=[N+]=[N-])CN1CC(C)C.O=C(O)C(F)(F)F. The van der Waals surface area contributed by atoms with E-state index in [4.69, 9.17) is 40.9 Å². The van der Waals surface area contributed by atoms with Gasteiger partial charge < -0.3 is 35.2 Å². The number of hydrogen-bond donors (Lipinski definition) is 3. The van der Waals surface area contributed by atoms with E-state index < -0.39 is 12.1 Å². The summed E-state index contributed by atoms with van der Waals surface area (Å²) in [6.07, 6.45) is -2.34. The third kappa shape index (κ3) is 24.9. The van der Waals surface area contributed by atoms with Crippen LogP contribution in [0.2, 0.25) is 0 Å². The monoisotopic (exact) mass is 824 g/mol. The van der Waals surface area contributed by atoms with E-state index in [9.17, 15) is 32.3 Å². The molecule has 4 N–H and O–H groups in total. The van der Waals surface area contributed by atoms with E-state index >= 15 is 0 Å². The highest BCUT2D eigenvalue weighted by Crippen LogP contribution is 2.23. The summed E-state index contributed by atoms with van der Waals surface area (Å²) in [4.78, 5) is 62.7. The highest BCUT2D eigenvalue weighted by Gasteiger charge is 2.39. The van der Waals surface area contributed by atoms with Crippen LogP contribution in [0.1, 0.15) is 81.6 Å². The molecule has 22 heteroatoms. The minimum absolute atomic E-state index is 0.109. The molecule has 3 aliphatic heterocycles. The molecule has 0 unspecified atom stereocenters. The summed E-state index contributed by atoms with van der Waals surface area (Å²) in [6, 6.07) is -0.823. The lowest BCUT2D eigenvalue weighted by molar-refractivity contribution is -0.192. The van der Waals surface area contributed by atoms with Gasteiger partial charge in [0.25, 0.3) is 0 Å². The molecule has 0 aromatic carbocycles. The van der Waals surface area contributed by atoms with Gasteiger partial charge in [0.2, 0.25) is 0 Å². The van der Waals surface area contributed by atoms with Crippen LogP contribution in [0, 0.1) is 17.8 Å². The van der Waals surface area contributed by atoms with Gasteiger partial charge >= 0.3 is 30.1 Å². The number of esters is 3. The largest absolute Gasteiger partial charge is 0.490 e. The Morgan fingerprint density at radius 2 is 1.21 bits per heavy atom. The van der Waals surface area contributed by atoms with E-state index in [2.05, 4.69) is 62.9 Å². The molecule has 3 saturated heterocycles. The zero-order valence-electron chi connectivity index (χ0n) is 34.6. The second kappa shape index (κ2) is 30.0. The average Bonchev–Trinajstić information content (AvgIpc) is 3.84. The summed E-state index contributed by atoms with van der Waals surface area (Å²) < 4.78 is 46.7. The number of carboxylic acids is 1. The van der Waals surface area contributed by atoms with Crippen molar-refractivity contribution < 1.29 is 56.5 Å². The molecule has 0 spiro atoms. The van der Waals surface area contributed by atoms with Crippen molar-refractivity contribution in [3.05, 3.63) is 20.9 Å². The summed E-state index contributed by atoms with van der Waals surface area (Å²) in [5.41, 5.74) is 22.5. The van der Waals surface area contributed by atoms with Gasteiger partial charge in [-0.3, -0.25) is 24.2 Å². The van der Waals surface area contributed by atoms with Crippen molar-refractivity contribution in [2.75, 3.05) is 52.5 Å². The summed E-state index contributed by atoms with van der Waals surface area (Å²) in [6.45, 7) is 22.5. The fraction of sp³-hybridized carbons (Fsp3) is 0.857. The molecule has 328 valence electrons. The van der Waals surface area contributed by atoms with Gasteiger partial charge in [0.05, 0.1) is 31.9 Å². The molecule has 0 saturated carbocycles. The molecular formula is C35H63F3N10O9. The number of alkyl halides is 3. The Morgan fingerprint density at radius 1 is 0.807 bits per heavy atom. The second-order valence-electron chi connectivity index (χ2n) is 14.3. The third-order valence-corrected chi connectivity index (χ3v) is 7.76. The predicted molar refractivity (Wildman–Crippen MR) is 204 cm³/mol. The molecule has 3 fully saturated rings. The Labute approximate surface area is 332 Å². The molecule has 0 aliphatic carbocycles. The number of carbonyl (C=O) groups excluding carboxylic acids is 4. The first kappa shape index (κ1) is 54.9. The maximum absolute atomic E-state index is 11.8. The van der Waals surface area contributed by atoms with Crippen LogP contribution < -0.4 is 11.1 Å². The number of aldehydes is 1. The number of hydrogen-bond acceptors (Lipinski definition) is 14. The predicted octanol–water partition coefficient (Wildman–Crippen LogP) is 4.63. The van der Waals surface area contributed by atoms with Crippen LogP contribution in [0.5, 0.6) is 0 Å². The van der Waals surface area contributed by atoms with Gasteiger partial charge in [-0.25, -0.2) is 4.79 Å². The van der Waals surface area contributed by atoms with Gasteiger partial charge in [-0.1, -0.05) is 51.8 Å².